The molecule has 0 aliphatic rings. The predicted molar refractivity (Wildman–Crippen MR) is 66.4 cm³/mol. The number of benzene rings is 1. The number of nitrogens with zero attached hydrogens (tertiary/aromatic N) is 2. The van der Waals surface area contributed by atoms with Crippen LogP contribution in [0.1, 0.15) is 17.2 Å². The number of aliphatic hydroxyl groups excluding tert-OH is 1. The van der Waals surface area contributed by atoms with Gasteiger partial charge in [-0.05, 0) is 12.1 Å². The van der Waals surface area contributed by atoms with Crippen LogP contribution in [-0.2, 0) is 7.05 Å². The predicted octanol–water partition coefficient (Wildman–Crippen LogP) is 2.92. The lowest BCUT2D eigenvalue weighted by molar-refractivity contribution is 0.220. The number of hydrogen-bond acceptors (Lipinski definition) is 2. The van der Waals surface area contributed by atoms with Gasteiger partial charge in [-0.1, -0.05) is 33.6 Å². The fraction of sp³-hybridized carbons (Fsp3) is 0.182. The third-order valence-corrected chi connectivity index (χ3v) is 3.12. The highest BCUT2D eigenvalue weighted by Crippen LogP contribution is 2.30. The molecule has 1 heterocycles. The Balaban J connectivity index is 2.37. The number of aromatic nitrogens is 2. The molecule has 2 rings (SSSR count). The summed E-state index contributed by atoms with van der Waals surface area (Å²) in [6.07, 6.45) is 2.65. The molecule has 0 spiro atoms. The van der Waals surface area contributed by atoms with Gasteiger partial charge in [-0.15, -0.1) is 0 Å². The summed E-state index contributed by atoms with van der Waals surface area (Å²) in [5, 5.41) is 14.7. The van der Waals surface area contributed by atoms with E-state index >= 15 is 0 Å². The van der Waals surface area contributed by atoms with Gasteiger partial charge in [-0.3, -0.25) is 4.68 Å². The topological polar surface area (TPSA) is 38.0 Å². The number of aryl methyl sites for hydroxylation is 1. The Kier molecular flexibility index (Phi) is 3.33. The standard InChI is InChI=1S/C11H10BrClN2O/c1-15-6-7(5-14-15)11(16)9-3-2-8(12)4-10(9)13/h2-6,11,16H,1H3. The maximum Gasteiger partial charge on any atom is 0.109 e. The molecule has 0 radical (unpaired) electrons. The molecule has 1 atom stereocenters. The molecule has 1 aromatic heterocycles. The summed E-state index contributed by atoms with van der Waals surface area (Å²) in [5.74, 6) is 0. The minimum atomic E-state index is -0.741. The first kappa shape index (κ1) is 11.6. The molecule has 0 saturated carbocycles. The number of hydrogen-bond donors (Lipinski definition) is 1. The molecule has 1 N–H and O–H groups in total. The van der Waals surface area contributed by atoms with Gasteiger partial charge in [0.2, 0.25) is 0 Å². The van der Waals surface area contributed by atoms with Crippen LogP contribution >= 0.6 is 27.5 Å². The Hall–Kier alpha value is -0.840. The van der Waals surface area contributed by atoms with Crippen LogP contribution in [0.15, 0.2) is 35.1 Å². The van der Waals surface area contributed by atoms with Crippen LogP contribution in [0.25, 0.3) is 0 Å². The van der Waals surface area contributed by atoms with Gasteiger partial charge in [0.15, 0.2) is 0 Å². The maximum absolute atomic E-state index is 10.1. The first-order valence-corrected chi connectivity index (χ1v) is 5.86. The summed E-state index contributed by atoms with van der Waals surface area (Å²) in [6.45, 7) is 0. The molecule has 5 heteroatoms. The van der Waals surface area contributed by atoms with E-state index in [9.17, 15) is 5.11 Å². The van der Waals surface area contributed by atoms with Crippen molar-refractivity contribution in [2.45, 2.75) is 6.10 Å². The first-order valence-electron chi connectivity index (χ1n) is 4.69. The number of rotatable bonds is 2. The van der Waals surface area contributed by atoms with E-state index in [0.29, 0.717) is 10.6 Å². The van der Waals surface area contributed by atoms with Crippen molar-refractivity contribution in [3.8, 4) is 0 Å². The van der Waals surface area contributed by atoms with Gasteiger partial charge in [0, 0.05) is 33.9 Å². The summed E-state index contributed by atoms with van der Waals surface area (Å²) >= 11 is 9.39. The molecule has 0 saturated heterocycles. The highest BCUT2D eigenvalue weighted by Gasteiger charge is 2.15. The second-order valence-corrected chi connectivity index (χ2v) is 4.84. The largest absolute Gasteiger partial charge is 0.383 e. The van der Waals surface area contributed by atoms with Gasteiger partial charge in [-0.25, -0.2) is 0 Å². The Labute approximate surface area is 107 Å². The van der Waals surface area contributed by atoms with E-state index in [-0.39, 0.29) is 0 Å². The normalized spacial score (nSPS) is 12.8. The van der Waals surface area contributed by atoms with Crippen LogP contribution in [0, 0.1) is 0 Å². The Morgan fingerprint density at radius 2 is 2.25 bits per heavy atom. The summed E-state index contributed by atoms with van der Waals surface area (Å²) in [6, 6.07) is 5.40. The molecule has 2 aromatic rings. The smallest absolute Gasteiger partial charge is 0.109 e. The average Bonchev–Trinajstić information content (AvgIpc) is 2.64. The van der Waals surface area contributed by atoms with E-state index in [1.165, 1.54) is 0 Å². The Morgan fingerprint density at radius 3 is 2.81 bits per heavy atom. The molecule has 1 aromatic carbocycles. The summed E-state index contributed by atoms with van der Waals surface area (Å²) in [5.41, 5.74) is 1.41. The molecule has 84 valence electrons. The van der Waals surface area contributed by atoms with Crippen molar-refractivity contribution in [2.24, 2.45) is 7.05 Å². The van der Waals surface area contributed by atoms with Crippen LogP contribution in [0.3, 0.4) is 0 Å². The van der Waals surface area contributed by atoms with Crippen LogP contribution < -0.4 is 0 Å². The third kappa shape index (κ3) is 2.29. The lowest BCUT2D eigenvalue weighted by Crippen LogP contribution is -1.99. The Morgan fingerprint density at radius 1 is 1.50 bits per heavy atom. The van der Waals surface area contributed by atoms with Crippen molar-refractivity contribution < 1.29 is 5.11 Å². The van der Waals surface area contributed by atoms with Crippen molar-refractivity contribution in [1.82, 2.24) is 9.78 Å². The zero-order valence-corrected chi connectivity index (χ0v) is 10.9. The monoisotopic (exact) mass is 300 g/mol. The van der Waals surface area contributed by atoms with E-state index in [1.807, 2.05) is 6.07 Å². The average molecular weight is 302 g/mol. The van der Waals surface area contributed by atoms with E-state index in [1.54, 1.807) is 36.3 Å². The van der Waals surface area contributed by atoms with Gasteiger partial charge >= 0.3 is 0 Å². The highest BCUT2D eigenvalue weighted by atomic mass is 79.9. The lowest BCUT2D eigenvalue weighted by Gasteiger charge is -2.10. The van der Waals surface area contributed by atoms with Crippen LogP contribution in [0.4, 0.5) is 0 Å². The highest BCUT2D eigenvalue weighted by molar-refractivity contribution is 9.10. The fourth-order valence-electron chi connectivity index (χ4n) is 1.48. The Bertz CT molecular complexity index is 512. The number of aliphatic hydroxyl groups is 1. The summed E-state index contributed by atoms with van der Waals surface area (Å²) in [4.78, 5) is 0. The van der Waals surface area contributed by atoms with Crippen molar-refractivity contribution in [3.63, 3.8) is 0 Å². The van der Waals surface area contributed by atoms with Gasteiger partial charge < -0.3 is 5.11 Å². The minimum absolute atomic E-state index is 0.533. The molecular formula is C11H10BrClN2O. The minimum Gasteiger partial charge on any atom is -0.383 e. The maximum atomic E-state index is 10.1. The fourth-order valence-corrected chi connectivity index (χ4v) is 2.26. The van der Waals surface area contributed by atoms with Crippen LogP contribution in [0.2, 0.25) is 5.02 Å². The van der Waals surface area contributed by atoms with Crippen molar-refractivity contribution in [3.05, 3.63) is 51.2 Å². The van der Waals surface area contributed by atoms with Gasteiger partial charge in [0.25, 0.3) is 0 Å². The van der Waals surface area contributed by atoms with Crippen molar-refractivity contribution >= 4 is 27.5 Å². The summed E-state index contributed by atoms with van der Waals surface area (Å²) in [7, 11) is 1.80. The van der Waals surface area contributed by atoms with Crippen molar-refractivity contribution in [1.29, 1.82) is 0 Å². The molecule has 16 heavy (non-hydrogen) atoms. The third-order valence-electron chi connectivity index (χ3n) is 2.30. The summed E-state index contributed by atoms with van der Waals surface area (Å²) < 4.78 is 2.53. The van der Waals surface area contributed by atoms with Crippen LogP contribution in [-0.4, -0.2) is 14.9 Å². The SMILES string of the molecule is Cn1cc(C(O)c2ccc(Br)cc2Cl)cn1. The second kappa shape index (κ2) is 4.57. The molecular weight excluding hydrogens is 291 g/mol. The molecule has 0 bridgehead atoms. The first-order chi connectivity index (χ1) is 7.58. The van der Waals surface area contributed by atoms with Gasteiger partial charge in [0.1, 0.15) is 6.10 Å². The molecule has 0 aliphatic carbocycles. The molecule has 0 aliphatic heterocycles. The van der Waals surface area contributed by atoms with E-state index in [2.05, 4.69) is 21.0 Å². The van der Waals surface area contributed by atoms with Crippen LogP contribution in [0.5, 0.6) is 0 Å². The van der Waals surface area contributed by atoms with E-state index in [0.717, 1.165) is 10.0 Å². The zero-order chi connectivity index (χ0) is 11.7. The molecule has 0 fully saturated rings. The van der Waals surface area contributed by atoms with Crippen molar-refractivity contribution in [2.75, 3.05) is 0 Å². The lowest BCUT2D eigenvalue weighted by atomic mass is 10.1. The second-order valence-electron chi connectivity index (χ2n) is 3.52. The number of halogens is 2. The van der Waals surface area contributed by atoms with Gasteiger partial charge in [0.05, 0.1) is 6.20 Å². The zero-order valence-electron chi connectivity index (χ0n) is 8.56. The van der Waals surface area contributed by atoms with Gasteiger partial charge in [-0.2, -0.15) is 5.10 Å². The quantitative estimate of drug-likeness (QED) is 0.926. The molecule has 1 unspecified atom stereocenters. The molecule has 0 amide bonds. The van der Waals surface area contributed by atoms with E-state index < -0.39 is 6.10 Å². The van der Waals surface area contributed by atoms with E-state index in [4.69, 9.17) is 11.6 Å². The molecule has 3 nitrogen and oxygen atoms in total.